The van der Waals surface area contributed by atoms with Gasteiger partial charge >= 0.3 is 0 Å². The molecule has 0 saturated carbocycles. The van der Waals surface area contributed by atoms with Gasteiger partial charge in [-0.1, -0.05) is 18.2 Å². The fourth-order valence-corrected chi connectivity index (χ4v) is 2.77. The summed E-state index contributed by atoms with van der Waals surface area (Å²) in [4.78, 5) is 6.75. The van der Waals surface area contributed by atoms with E-state index in [-0.39, 0.29) is 0 Å². The summed E-state index contributed by atoms with van der Waals surface area (Å²) < 4.78 is 5.81. The predicted molar refractivity (Wildman–Crippen MR) is 87.6 cm³/mol. The van der Waals surface area contributed by atoms with E-state index >= 15 is 0 Å². The number of aryl methyl sites for hydroxylation is 1. The average Bonchev–Trinajstić information content (AvgIpc) is 2.89. The highest BCUT2D eigenvalue weighted by Gasteiger charge is 2.04. The Kier molecular flexibility index (Phi) is 6.17. The van der Waals surface area contributed by atoms with Crippen LogP contribution in [0.25, 0.3) is 0 Å². The molecule has 0 aliphatic carbocycles. The Labute approximate surface area is 130 Å². The van der Waals surface area contributed by atoms with E-state index in [0.29, 0.717) is 13.2 Å². The smallest absolute Gasteiger partial charge is 0.123 e. The van der Waals surface area contributed by atoms with Crippen molar-refractivity contribution >= 4 is 11.3 Å². The molecule has 2 rings (SSSR count). The van der Waals surface area contributed by atoms with Gasteiger partial charge in [0.2, 0.25) is 0 Å². The summed E-state index contributed by atoms with van der Waals surface area (Å²) in [6.45, 7) is 5.14. The Morgan fingerprint density at radius 3 is 2.86 bits per heavy atom. The third kappa shape index (κ3) is 5.12. The lowest BCUT2D eigenvalue weighted by Crippen LogP contribution is -2.21. The van der Waals surface area contributed by atoms with Gasteiger partial charge < -0.3 is 15.4 Å². The van der Waals surface area contributed by atoms with Crippen LogP contribution in [0, 0.1) is 6.92 Å². The zero-order valence-corrected chi connectivity index (χ0v) is 13.5. The van der Waals surface area contributed by atoms with Crippen molar-refractivity contribution in [2.75, 3.05) is 20.2 Å². The number of benzene rings is 1. The molecule has 1 heterocycles. The van der Waals surface area contributed by atoms with Gasteiger partial charge in [0.1, 0.15) is 5.75 Å². The Morgan fingerprint density at radius 1 is 1.33 bits per heavy atom. The Bertz CT molecular complexity index is 556. The molecule has 5 heteroatoms. The minimum absolute atomic E-state index is 0.513. The van der Waals surface area contributed by atoms with Crippen molar-refractivity contribution in [2.45, 2.75) is 26.4 Å². The first-order valence-corrected chi connectivity index (χ1v) is 8.07. The zero-order valence-electron chi connectivity index (χ0n) is 12.7. The molecule has 21 heavy (non-hydrogen) atoms. The number of para-hydroxylation sites is 1. The van der Waals surface area contributed by atoms with Gasteiger partial charge in [-0.3, -0.25) is 0 Å². The summed E-state index contributed by atoms with van der Waals surface area (Å²) in [5, 5.41) is 3.25. The minimum Gasteiger partial charge on any atom is -0.493 e. The van der Waals surface area contributed by atoms with Gasteiger partial charge in [0.05, 0.1) is 17.3 Å². The molecule has 0 atom stereocenters. The molecule has 4 nitrogen and oxygen atoms in total. The van der Waals surface area contributed by atoms with Crippen LogP contribution < -0.4 is 10.5 Å². The monoisotopic (exact) mass is 305 g/mol. The number of nitrogens with two attached hydrogens (primary N) is 1. The van der Waals surface area contributed by atoms with Gasteiger partial charge in [-0.25, -0.2) is 4.98 Å². The molecule has 0 saturated heterocycles. The molecular formula is C16H23N3OS. The number of thiazole rings is 1. The standard InChI is InChI=1S/C16H23N3OS/c1-13-18-15(12-21-13)11-19(2)8-5-9-20-16-7-4-3-6-14(16)10-17/h3-4,6-7,12H,5,8-11,17H2,1-2H3. The molecule has 0 unspecified atom stereocenters. The van der Waals surface area contributed by atoms with Crippen molar-refractivity contribution < 1.29 is 4.74 Å². The largest absolute Gasteiger partial charge is 0.493 e. The summed E-state index contributed by atoms with van der Waals surface area (Å²) in [6.07, 6.45) is 0.985. The normalized spacial score (nSPS) is 11.0. The molecule has 2 aromatic rings. The van der Waals surface area contributed by atoms with E-state index in [2.05, 4.69) is 22.3 Å². The lowest BCUT2D eigenvalue weighted by Gasteiger charge is -2.16. The third-order valence-electron chi connectivity index (χ3n) is 3.23. The van der Waals surface area contributed by atoms with E-state index in [1.165, 1.54) is 0 Å². The van der Waals surface area contributed by atoms with Crippen LogP contribution in [0.2, 0.25) is 0 Å². The number of hydrogen-bond donors (Lipinski definition) is 1. The van der Waals surface area contributed by atoms with Crippen molar-refractivity contribution in [1.82, 2.24) is 9.88 Å². The van der Waals surface area contributed by atoms with Crippen molar-refractivity contribution in [3.8, 4) is 5.75 Å². The summed E-state index contributed by atoms with van der Waals surface area (Å²) in [5.41, 5.74) is 7.90. The van der Waals surface area contributed by atoms with Crippen molar-refractivity contribution in [1.29, 1.82) is 0 Å². The first-order chi connectivity index (χ1) is 10.2. The average molecular weight is 305 g/mol. The maximum Gasteiger partial charge on any atom is 0.123 e. The summed E-state index contributed by atoms with van der Waals surface area (Å²) in [6, 6.07) is 7.94. The van der Waals surface area contributed by atoms with Crippen LogP contribution in [0.3, 0.4) is 0 Å². The van der Waals surface area contributed by atoms with E-state index in [4.69, 9.17) is 10.5 Å². The summed E-state index contributed by atoms with van der Waals surface area (Å²) in [5.74, 6) is 0.901. The molecule has 0 aliphatic rings. The number of nitrogens with zero attached hydrogens (tertiary/aromatic N) is 2. The molecule has 0 radical (unpaired) electrons. The third-order valence-corrected chi connectivity index (χ3v) is 4.06. The highest BCUT2D eigenvalue weighted by atomic mass is 32.1. The molecule has 0 aliphatic heterocycles. The summed E-state index contributed by atoms with van der Waals surface area (Å²) in [7, 11) is 2.11. The lowest BCUT2D eigenvalue weighted by atomic mass is 10.2. The van der Waals surface area contributed by atoms with Crippen LogP contribution in [0.1, 0.15) is 22.7 Å². The fourth-order valence-electron chi connectivity index (χ4n) is 2.17. The molecule has 0 amide bonds. The van der Waals surface area contributed by atoms with Crippen LogP contribution in [0.5, 0.6) is 5.75 Å². The number of hydrogen-bond acceptors (Lipinski definition) is 5. The topological polar surface area (TPSA) is 51.4 Å². The molecule has 1 aromatic heterocycles. The van der Waals surface area contributed by atoms with Crippen LogP contribution in [0.4, 0.5) is 0 Å². The van der Waals surface area contributed by atoms with E-state index in [1.807, 2.05) is 31.2 Å². The molecule has 0 bridgehead atoms. The van der Waals surface area contributed by atoms with Crippen LogP contribution in [-0.4, -0.2) is 30.1 Å². The van der Waals surface area contributed by atoms with Gasteiger partial charge in [-0.15, -0.1) is 11.3 Å². The Hall–Kier alpha value is -1.43. The van der Waals surface area contributed by atoms with E-state index in [1.54, 1.807) is 11.3 Å². The minimum atomic E-state index is 0.513. The Morgan fingerprint density at radius 2 is 2.14 bits per heavy atom. The highest BCUT2D eigenvalue weighted by molar-refractivity contribution is 7.09. The molecule has 114 valence electrons. The van der Waals surface area contributed by atoms with Crippen LogP contribution in [-0.2, 0) is 13.1 Å². The van der Waals surface area contributed by atoms with E-state index < -0.39 is 0 Å². The van der Waals surface area contributed by atoms with Crippen molar-refractivity contribution in [3.05, 3.63) is 45.9 Å². The highest BCUT2D eigenvalue weighted by Crippen LogP contribution is 2.17. The zero-order chi connectivity index (χ0) is 15.1. The second kappa shape index (κ2) is 8.12. The van der Waals surface area contributed by atoms with Crippen LogP contribution >= 0.6 is 11.3 Å². The first kappa shape index (κ1) is 15.9. The molecule has 1 aromatic carbocycles. The van der Waals surface area contributed by atoms with Crippen LogP contribution in [0.15, 0.2) is 29.6 Å². The molecule has 0 spiro atoms. The molecule has 0 fully saturated rings. The quantitative estimate of drug-likeness (QED) is 0.762. The van der Waals surface area contributed by atoms with E-state index in [9.17, 15) is 0 Å². The fraction of sp³-hybridized carbons (Fsp3) is 0.438. The summed E-state index contributed by atoms with van der Waals surface area (Å²) >= 11 is 1.70. The number of ether oxygens (including phenoxy) is 1. The first-order valence-electron chi connectivity index (χ1n) is 7.19. The van der Waals surface area contributed by atoms with Gasteiger partial charge in [0, 0.05) is 30.6 Å². The second-order valence-electron chi connectivity index (χ2n) is 5.11. The molecular weight excluding hydrogens is 282 g/mol. The maximum absolute atomic E-state index is 5.81. The second-order valence-corrected chi connectivity index (χ2v) is 6.17. The van der Waals surface area contributed by atoms with Crippen molar-refractivity contribution in [2.24, 2.45) is 5.73 Å². The number of rotatable bonds is 8. The van der Waals surface area contributed by atoms with Gasteiger partial charge in [0.25, 0.3) is 0 Å². The SMILES string of the molecule is Cc1nc(CN(C)CCCOc2ccccc2CN)cs1. The number of aromatic nitrogens is 1. The van der Waals surface area contributed by atoms with Gasteiger partial charge in [0.15, 0.2) is 0 Å². The van der Waals surface area contributed by atoms with Gasteiger partial charge in [-0.2, -0.15) is 0 Å². The molecule has 2 N–H and O–H groups in total. The van der Waals surface area contributed by atoms with E-state index in [0.717, 1.165) is 41.5 Å². The van der Waals surface area contributed by atoms with Crippen molar-refractivity contribution in [3.63, 3.8) is 0 Å². The maximum atomic E-state index is 5.81. The Balaban J connectivity index is 1.69. The lowest BCUT2D eigenvalue weighted by molar-refractivity contribution is 0.256. The predicted octanol–water partition coefficient (Wildman–Crippen LogP) is 2.81. The van der Waals surface area contributed by atoms with Gasteiger partial charge in [-0.05, 0) is 26.5 Å².